The summed E-state index contributed by atoms with van der Waals surface area (Å²) < 4.78 is 74.3. The zero-order valence-electron chi connectivity index (χ0n) is 18.6. The molecule has 0 aliphatic carbocycles. The van der Waals surface area contributed by atoms with Crippen LogP contribution in [0.1, 0.15) is 17.5 Å². The Morgan fingerprint density at radius 2 is 1.80 bits per heavy atom. The molecule has 1 saturated heterocycles. The molecule has 4 rings (SSSR count). The molecule has 1 aliphatic heterocycles. The Hall–Kier alpha value is -3.22. The van der Waals surface area contributed by atoms with Gasteiger partial charge in [0.25, 0.3) is 10.0 Å². The van der Waals surface area contributed by atoms with Crippen LogP contribution in [0.3, 0.4) is 0 Å². The predicted octanol–water partition coefficient (Wildman–Crippen LogP) is 3.83. The maximum absolute atomic E-state index is 13.6. The van der Waals surface area contributed by atoms with Gasteiger partial charge in [0, 0.05) is 12.2 Å². The topological polar surface area (TPSA) is 113 Å². The Morgan fingerprint density at radius 1 is 1.03 bits per heavy atom. The van der Waals surface area contributed by atoms with Crippen molar-refractivity contribution in [1.29, 1.82) is 0 Å². The zero-order valence-corrected chi connectivity index (χ0v) is 19.4. The molecule has 1 fully saturated rings. The second-order valence-corrected chi connectivity index (χ2v) is 9.68. The third-order valence-electron chi connectivity index (χ3n) is 5.50. The SMILES string of the molecule is Cc1ccccc1-c1nc(NS(=O)(=O)c2cccc(N[C@@H]3CCOC[C@@H]3O)n2)ccc1C(F)(F)F. The van der Waals surface area contributed by atoms with Crippen molar-refractivity contribution in [2.24, 2.45) is 0 Å². The van der Waals surface area contributed by atoms with Gasteiger partial charge in [-0.2, -0.15) is 21.6 Å². The maximum Gasteiger partial charge on any atom is 0.418 e. The van der Waals surface area contributed by atoms with E-state index in [-0.39, 0.29) is 40.6 Å². The second-order valence-electron chi connectivity index (χ2n) is 8.05. The van der Waals surface area contributed by atoms with Crippen LogP contribution in [0, 0.1) is 6.92 Å². The van der Waals surface area contributed by atoms with E-state index in [1.54, 1.807) is 31.2 Å². The standard InChI is InChI=1S/C23H23F3N4O4S/c1-14-5-2-3-6-15(14)22-16(23(24,25)26)9-10-20(29-22)30-35(32,33)21-8-4-7-19(28-21)27-17-11-12-34-13-18(17)31/h2-10,17-18,31H,11-13H2,1H3,(H,27,28)(H,29,30)/t17-,18+/m1/s1. The van der Waals surface area contributed by atoms with Gasteiger partial charge in [-0.1, -0.05) is 30.3 Å². The first-order valence-corrected chi connectivity index (χ1v) is 12.2. The van der Waals surface area contributed by atoms with E-state index in [9.17, 15) is 26.7 Å². The largest absolute Gasteiger partial charge is 0.418 e. The van der Waals surface area contributed by atoms with E-state index < -0.39 is 27.9 Å². The van der Waals surface area contributed by atoms with Gasteiger partial charge in [-0.05, 0) is 43.2 Å². The number of aliphatic hydroxyl groups excluding tert-OH is 1. The highest BCUT2D eigenvalue weighted by Crippen LogP contribution is 2.38. The molecule has 12 heteroatoms. The molecule has 3 heterocycles. The number of aromatic nitrogens is 2. The number of alkyl halides is 3. The summed E-state index contributed by atoms with van der Waals surface area (Å²) in [4.78, 5) is 8.11. The molecule has 3 N–H and O–H groups in total. The van der Waals surface area contributed by atoms with Gasteiger partial charge in [-0.15, -0.1) is 0 Å². The average Bonchev–Trinajstić information content (AvgIpc) is 2.80. The maximum atomic E-state index is 13.6. The fraction of sp³-hybridized carbons (Fsp3) is 0.304. The summed E-state index contributed by atoms with van der Waals surface area (Å²) >= 11 is 0. The van der Waals surface area contributed by atoms with Gasteiger partial charge in [0.2, 0.25) is 0 Å². The molecule has 2 atom stereocenters. The predicted molar refractivity (Wildman–Crippen MR) is 123 cm³/mol. The summed E-state index contributed by atoms with van der Waals surface area (Å²) in [7, 11) is -4.28. The molecular formula is C23H23F3N4O4S. The van der Waals surface area contributed by atoms with Gasteiger partial charge >= 0.3 is 6.18 Å². The number of pyridine rings is 2. The highest BCUT2D eigenvalue weighted by molar-refractivity contribution is 7.92. The lowest BCUT2D eigenvalue weighted by Gasteiger charge is -2.28. The van der Waals surface area contributed by atoms with E-state index in [2.05, 4.69) is 20.0 Å². The van der Waals surface area contributed by atoms with Crippen LogP contribution in [0.15, 0.2) is 59.6 Å². The number of anilines is 2. The van der Waals surface area contributed by atoms with Crippen molar-refractivity contribution in [3.05, 3.63) is 65.7 Å². The number of sulfonamides is 1. The van der Waals surface area contributed by atoms with E-state index in [4.69, 9.17) is 4.74 Å². The van der Waals surface area contributed by atoms with E-state index >= 15 is 0 Å². The molecule has 8 nitrogen and oxygen atoms in total. The fourth-order valence-corrected chi connectivity index (χ4v) is 4.67. The van der Waals surface area contributed by atoms with Crippen molar-refractivity contribution < 1.29 is 31.4 Å². The minimum Gasteiger partial charge on any atom is -0.389 e. The second kappa shape index (κ2) is 9.80. The molecule has 35 heavy (non-hydrogen) atoms. The minimum atomic E-state index is -4.68. The lowest BCUT2D eigenvalue weighted by atomic mass is 10.0. The van der Waals surface area contributed by atoms with E-state index in [1.807, 2.05) is 0 Å². The van der Waals surface area contributed by atoms with Crippen molar-refractivity contribution in [3.8, 4) is 11.3 Å². The molecule has 0 amide bonds. The summed E-state index contributed by atoms with van der Waals surface area (Å²) in [6, 6.07) is 12.1. The number of nitrogens with zero attached hydrogens (tertiary/aromatic N) is 2. The zero-order chi connectivity index (χ0) is 25.2. The Bertz CT molecular complexity index is 1320. The number of hydrogen-bond donors (Lipinski definition) is 3. The van der Waals surface area contributed by atoms with E-state index in [0.29, 0.717) is 18.6 Å². The number of hydrogen-bond acceptors (Lipinski definition) is 7. The molecule has 2 aromatic heterocycles. The first-order valence-electron chi connectivity index (χ1n) is 10.7. The van der Waals surface area contributed by atoms with Crippen LogP contribution < -0.4 is 10.0 Å². The summed E-state index contributed by atoms with van der Waals surface area (Å²) in [5.74, 6) is -0.0592. The first-order chi connectivity index (χ1) is 16.5. The van der Waals surface area contributed by atoms with Crippen LogP contribution >= 0.6 is 0 Å². The Morgan fingerprint density at radius 3 is 2.51 bits per heavy atom. The highest BCUT2D eigenvalue weighted by Gasteiger charge is 2.35. The molecule has 186 valence electrons. The van der Waals surface area contributed by atoms with Crippen LogP contribution in [0.25, 0.3) is 11.3 Å². The number of benzene rings is 1. The first kappa shape index (κ1) is 24.9. The van der Waals surface area contributed by atoms with E-state index in [1.165, 1.54) is 18.2 Å². The van der Waals surface area contributed by atoms with Crippen molar-refractivity contribution in [3.63, 3.8) is 0 Å². The number of halogens is 3. The average molecular weight is 509 g/mol. The van der Waals surface area contributed by atoms with Crippen molar-refractivity contribution in [2.45, 2.75) is 36.7 Å². The van der Waals surface area contributed by atoms with E-state index in [0.717, 1.165) is 12.1 Å². The van der Waals surface area contributed by atoms with Crippen LogP contribution in [0.5, 0.6) is 0 Å². The Labute approximate surface area is 200 Å². The van der Waals surface area contributed by atoms with Crippen LogP contribution in [0.2, 0.25) is 0 Å². The molecule has 0 spiro atoms. The Kier molecular flexibility index (Phi) is 6.97. The lowest BCUT2D eigenvalue weighted by Crippen LogP contribution is -2.42. The number of aliphatic hydroxyl groups is 1. The summed E-state index contributed by atoms with van der Waals surface area (Å²) in [5, 5.41) is 12.7. The van der Waals surface area contributed by atoms with Crippen molar-refractivity contribution >= 4 is 21.7 Å². The van der Waals surface area contributed by atoms with Crippen LogP contribution in [-0.4, -0.2) is 48.9 Å². The van der Waals surface area contributed by atoms with Crippen LogP contribution in [-0.2, 0) is 20.9 Å². The number of ether oxygens (including phenoxy) is 1. The third kappa shape index (κ3) is 5.72. The Balaban J connectivity index is 1.64. The van der Waals surface area contributed by atoms with Gasteiger partial charge in [0.05, 0.1) is 30.0 Å². The molecule has 1 aliphatic rings. The molecule has 0 saturated carbocycles. The molecule has 1 aromatic carbocycles. The van der Waals surface area contributed by atoms with Gasteiger partial charge in [-0.3, -0.25) is 4.72 Å². The van der Waals surface area contributed by atoms with Crippen molar-refractivity contribution in [2.75, 3.05) is 23.3 Å². The summed E-state index contributed by atoms with van der Waals surface area (Å²) in [6.07, 6.45) is -4.95. The molecule has 3 aromatic rings. The number of nitrogens with one attached hydrogen (secondary N) is 2. The molecular weight excluding hydrogens is 485 g/mol. The lowest BCUT2D eigenvalue weighted by molar-refractivity contribution is -0.137. The molecule has 0 bridgehead atoms. The minimum absolute atomic E-state index is 0.153. The van der Waals surface area contributed by atoms with Gasteiger partial charge in [-0.25, -0.2) is 9.97 Å². The fourth-order valence-electron chi connectivity index (χ4n) is 3.70. The normalized spacial score (nSPS) is 18.8. The van der Waals surface area contributed by atoms with Gasteiger partial charge < -0.3 is 15.2 Å². The summed E-state index contributed by atoms with van der Waals surface area (Å²) in [5.41, 5.74) is -0.566. The summed E-state index contributed by atoms with van der Waals surface area (Å²) in [6.45, 7) is 2.24. The quantitative estimate of drug-likeness (QED) is 0.464. The molecule has 0 unspecified atom stereocenters. The highest BCUT2D eigenvalue weighted by atomic mass is 32.2. The van der Waals surface area contributed by atoms with Crippen molar-refractivity contribution in [1.82, 2.24) is 9.97 Å². The third-order valence-corrected chi connectivity index (χ3v) is 6.75. The van der Waals surface area contributed by atoms with Crippen LogP contribution in [0.4, 0.5) is 24.8 Å². The van der Waals surface area contributed by atoms with Gasteiger partial charge in [0.15, 0.2) is 5.03 Å². The number of aryl methyl sites for hydroxylation is 1. The number of rotatable bonds is 6. The van der Waals surface area contributed by atoms with Gasteiger partial charge in [0.1, 0.15) is 11.6 Å². The monoisotopic (exact) mass is 508 g/mol. The molecule has 0 radical (unpaired) electrons. The smallest absolute Gasteiger partial charge is 0.389 e.